The van der Waals surface area contributed by atoms with Crippen LogP contribution < -0.4 is 5.73 Å². The van der Waals surface area contributed by atoms with Gasteiger partial charge in [-0.3, -0.25) is 0 Å². The summed E-state index contributed by atoms with van der Waals surface area (Å²) in [4.78, 5) is 1.97. The van der Waals surface area contributed by atoms with E-state index in [2.05, 4.69) is 0 Å². The third-order valence-electron chi connectivity index (χ3n) is 3.70. The molecule has 0 saturated carbocycles. The number of benzene rings is 1. The summed E-state index contributed by atoms with van der Waals surface area (Å²) in [5.41, 5.74) is 8.29. The quantitative estimate of drug-likeness (QED) is 0.822. The van der Waals surface area contributed by atoms with Crippen molar-refractivity contribution in [1.29, 1.82) is 0 Å². The van der Waals surface area contributed by atoms with E-state index >= 15 is 0 Å². The molecule has 0 amide bonds. The molecule has 2 unspecified atom stereocenters. The van der Waals surface area contributed by atoms with Crippen molar-refractivity contribution in [1.82, 2.24) is 4.90 Å². The molecule has 0 fully saturated rings. The van der Waals surface area contributed by atoms with E-state index in [0.717, 1.165) is 17.0 Å². The van der Waals surface area contributed by atoms with E-state index in [1.165, 1.54) is 12.1 Å². The minimum absolute atomic E-state index is 0. The van der Waals surface area contributed by atoms with Gasteiger partial charge in [-0.05, 0) is 31.2 Å². The van der Waals surface area contributed by atoms with Gasteiger partial charge in [-0.2, -0.15) is 0 Å². The van der Waals surface area contributed by atoms with E-state index in [0.29, 0.717) is 6.54 Å². The van der Waals surface area contributed by atoms with Crippen molar-refractivity contribution in [2.75, 3.05) is 20.6 Å². The van der Waals surface area contributed by atoms with E-state index in [9.17, 15) is 9.60 Å². The van der Waals surface area contributed by atoms with Crippen molar-refractivity contribution in [3.63, 3.8) is 0 Å². The number of rotatable bonds is 2. The highest BCUT2D eigenvalue weighted by Gasteiger charge is 2.47. The SMILES string of the molecule is CC1=C(CN)[N+](C)(O)C(c2ccc(F)cc2)N1C.Cl.Cl. The zero-order valence-corrected chi connectivity index (χ0v) is 13.3. The Balaban J connectivity index is 0.00000180. The van der Waals surface area contributed by atoms with Gasteiger partial charge in [0.15, 0.2) is 5.70 Å². The van der Waals surface area contributed by atoms with Gasteiger partial charge in [0.25, 0.3) is 0 Å². The molecule has 0 aromatic heterocycles. The van der Waals surface area contributed by atoms with Crippen LogP contribution in [0.25, 0.3) is 0 Å². The number of halogens is 3. The van der Waals surface area contributed by atoms with E-state index in [-0.39, 0.29) is 41.4 Å². The zero-order chi connectivity index (χ0) is 13.5. The summed E-state index contributed by atoms with van der Waals surface area (Å²) in [7, 11) is 3.60. The van der Waals surface area contributed by atoms with Crippen molar-refractivity contribution in [2.24, 2.45) is 5.73 Å². The number of quaternary nitrogens is 1. The smallest absolute Gasteiger partial charge is 0.225 e. The molecule has 1 aromatic rings. The Bertz CT molecular complexity index is 491. The van der Waals surface area contributed by atoms with E-state index in [1.807, 2.05) is 18.9 Å². The largest absolute Gasteiger partial charge is 0.322 e. The Morgan fingerprint density at radius 1 is 1.30 bits per heavy atom. The van der Waals surface area contributed by atoms with Crippen LogP contribution in [0, 0.1) is 5.82 Å². The lowest BCUT2D eigenvalue weighted by molar-refractivity contribution is -1.08. The number of allylic oxidation sites excluding steroid dienone is 1. The molecule has 0 bridgehead atoms. The highest BCUT2D eigenvalue weighted by molar-refractivity contribution is 5.85. The Hall–Kier alpha value is -0.850. The van der Waals surface area contributed by atoms with Gasteiger partial charge < -0.3 is 10.6 Å². The van der Waals surface area contributed by atoms with E-state index < -0.39 is 0 Å². The summed E-state index contributed by atoms with van der Waals surface area (Å²) in [5, 5.41) is 10.6. The van der Waals surface area contributed by atoms with Crippen molar-refractivity contribution >= 4 is 24.8 Å². The van der Waals surface area contributed by atoms with Crippen molar-refractivity contribution in [3.05, 3.63) is 47.0 Å². The number of nitrogens with two attached hydrogens (primary N) is 1. The summed E-state index contributed by atoms with van der Waals surface area (Å²) >= 11 is 0. The maximum absolute atomic E-state index is 13.0. The fraction of sp³-hybridized carbons (Fsp3) is 0.385. The van der Waals surface area contributed by atoms with Crippen LogP contribution in [0.5, 0.6) is 0 Å². The predicted molar refractivity (Wildman–Crippen MR) is 81.1 cm³/mol. The first-order chi connectivity index (χ1) is 8.39. The van der Waals surface area contributed by atoms with Gasteiger partial charge in [0.05, 0.1) is 12.2 Å². The van der Waals surface area contributed by atoms with Crippen LogP contribution in [0.4, 0.5) is 4.39 Å². The second-order valence-electron chi connectivity index (χ2n) is 4.80. The summed E-state index contributed by atoms with van der Waals surface area (Å²) in [5.74, 6) is -0.282. The number of hydrogen-bond acceptors (Lipinski definition) is 3. The van der Waals surface area contributed by atoms with Gasteiger partial charge in [-0.15, -0.1) is 29.5 Å². The first-order valence-corrected chi connectivity index (χ1v) is 5.87. The monoisotopic (exact) mass is 324 g/mol. The molecule has 7 heteroatoms. The van der Waals surface area contributed by atoms with Gasteiger partial charge in [-0.1, -0.05) is 0 Å². The molecule has 0 aliphatic carbocycles. The summed E-state index contributed by atoms with van der Waals surface area (Å²) in [6.45, 7) is 2.22. The van der Waals surface area contributed by atoms with Crippen LogP contribution >= 0.6 is 24.8 Å². The summed E-state index contributed by atoms with van der Waals surface area (Å²) in [6, 6.07) is 6.18. The summed E-state index contributed by atoms with van der Waals surface area (Å²) < 4.78 is 12.7. The Morgan fingerprint density at radius 3 is 2.20 bits per heavy atom. The molecule has 1 aromatic carbocycles. The molecular weight excluding hydrogens is 304 g/mol. The third-order valence-corrected chi connectivity index (χ3v) is 3.70. The molecule has 3 N–H and O–H groups in total. The third kappa shape index (κ3) is 2.92. The van der Waals surface area contributed by atoms with Crippen LogP contribution in [0.3, 0.4) is 0 Å². The average molecular weight is 325 g/mol. The van der Waals surface area contributed by atoms with Gasteiger partial charge >= 0.3 is 0 Å². The molecule has 1 aliphatic heterocycles. The minimum Gasteiger partial charge on any atom is -0.322 e. The van der Waals surface area contributed by atoms with E-state index in [1.54, 1.807) is 19.2 Å². The second-order valence-corrected chi connectivity index (χ2v) is 4.80. The number of hydrogen-bond donors (Lipinski definition) is 2. The predicted octanol–water partition coefficient (Wildman–Crippen LogP) is 2.64. The van der Waals surface area contributed by atoms with Crippen molar-refractivity contribution in [2.45, 2.75) is 13.1 Å². The van der Waals surface area contributed by atoms with Crippen LogP contribution in [0.2, 0.25) is 0 Å². The Morgan fingerprint density at radius 2 is 1.80 bits per heavy atom. The van der Waals surface area contributed by atoms with Crippen molar-refractivity contribution in [3.8, 4) is 0 Å². The molecule has 1 heterocycles. The van der Waals surface area contributed by atoms with Crippen molar-refractivity contribution < 1.29 is 14.2 Å². The van der Waals surface area contributed by atoms with Crippen LogP contribution in [-0.2, 0) is 0 Å². The molecule has 114 valence electrons. The van der Waals surface area contributed by atoms with Gasteiger partial charge in [0.1, 0.15) is 12.9 Å². The van der Waals surface area contributed by atoms with Crippen LogP contribution in [0.1, 0.15) is 18.7 Å². The molecule has 0 saturated heterocycles. The maximum Gasteiger partial charge on any atom is 0.225 e. The number of likely N-dealkylation sites (N-methyl/N-ethyl adjacent to an activating group) is 1. The molecule has 0 radical (unpaired) electrons. The highest BCUT2D eigenvalue weighted by Crippen LogP contribution is 2.41. The summed E-state index contributed by atoms with van der Waals surface area (Å²) in [6.07, 6.45) is -0.288. The fourth-order valence-electron chi connectivity index (χ4n) is 2.68. The average Bonchev–Trinajstić information content (AvgIpc) is 2.48. The van der Waals surface area contributed by atoms with Crippen LogP contribution in [-0.4, -0.2) is 35.4 Å². The van der Waals surface area contributed by atoms with Gasteiger partial charge in [0, 0.05) is 12.6 Å². The molecule has 0 spiro atoms. The fourth-order valence-corrected chi connectivity index (χ4v) is 2.68. The first-order valence-electron chi connectivity index (χ1n) is 5.87. The molecule has 2 rings (SSSR count). The highest BCUT2D eigenvalue weighted by atomic mass is 35.5. The molecule has 1 aliphatic rings. The number of hydroxylamine groups is 3. The normalized spacial score (nSPS) is 25.3. The Labute approximate surface area is 131 Å². The topological polar surface area (TPSA) is 49.5 Å². The van der Waals surface area contributed by atoms with Gasteiger partial charge in [0.2, 0.25) is 6.17 Å². The minimum atomic E-state index is -0.301. The van der Waals surface area contributed by atoms with Crippen LogP contribution in [0.15, 0.2) is 35.7 Å². The van der Waals surface area contributed by atoms with E-state index in [4.69, 9.17) is 5.73 Å². The molecular formula is C13H21Cl2FN3O+. The Kier molecular flexibility index (Phi) is 6.45. The standard InChI is InChI=1S/C13H19FN3O.2ClH/c1-9-12(8-15)17(3,18)13(16(9)2)10-4-6-11(14)7-5-10;;/h4-7,13,18H,8,15H2,1-3H3;2*1H/q+1;;. The lowest BCUT2D eigenvalue weighted by Gasteiger charge is -2.32. The first kappa shape index (κ1) is 19.1. The second kappa shape index (κ2) is 6.74. The molecule has 4 nitrogen and oxygen atoms in total. The maximum atomic E-state index is 13.0. The lowest BCUT2D eigenvalue weighted by atomic mass is 10.1. The molecule has 2 atom stereocenters. The van der Waals surface area contributed by atoms with Gasteiger partial charge in [-0.25, -0.2) is 9.60 Å². The molecule has 20 heavy (non-hydrogen) atoms. The number of nitrogens with zero attached hydrogens (tertiary/aromatic N) is 2. The lowest BCUT2D eigenvalue weighted by Crippen LogP contribution is -2.44. The zero-order valence-electron chi connectivity index (χ0n) is 11.7.